The van der Waals surface area contributed by atoms with Crippen molar-refractivity contribution in [2.45, 2.75) is 25.3 Å². The van der Waals surface area contributed by atoms with E-state index in [0.717, 1.165) is 23.1 Å². The van der Waals surface area contributed by atoms with E-state index in [4.69, 9.17) is 0 Å². The van der Waals surface area contributed by atoms with Crippen molar-refractivity contribution in [3.05, 3.63) is 54.4 Å². The number of aromatic nitrogens is 4. The quantitative estimate of drug-likeness (QED) is 0.788. The number of pyridine rings is 1. The van der Waals surface area contributed by atoms with Crippen molar-refractivity contribution >= 4 is 11.5 Å². The first-order valence-electron chi connectivity index (χ1n) is 6.86. The maximum absolute atomic E-state index is 4.61. The lowest BCUT2D eigenvalue weighted by atomic mass is 10.2. The van der Waals surface area contributed by atoms with E-state index in [1.807, 2.05) is 6.07 Å². The number of rotatable bonds is 4. The van der Waals surface area contributed by atoms with Gasteiger partial charge in [0.05, 0.1) is 12.2 Å². The van der Waals surface area contributed by atoms with Gasteiger partial charge >= 0.3 is 0 Å². The molecule has 0 radical (unpaired) electrons. The predicted octanol–water partition coefficient (Wildman–Crippen LogP) is 2.61. The van der Waals surface area contributed by atoms with E-state index in [1.165, 1.54) is 24.7 Å². The smallest absolute Gasteiger partial charge is 0.137 e. The Bertz CT molecular complexity index is 730. The van der Waals surface area contributed by atoms with Crippen LogP contribution in [0.4, 0.5) is 5.82 Å². The third-order valence-electron chi connectivity index (χ3n) is 3.61. The van der Waals surface area contributed by atoms with Gasteiger partial charge in [-0.25, -0.2) is 15.0 Å². The molecule has 0 aromatic carbocycles. The standard InChI is InChI=1S/C15H15N5/c1-2-11(1)12-3-4-15-19-13(9-20(15)8-12)7-17-14-5-6-16-10-18-14/h3-6,8-11H,1-2,7H2,(H,16,17,18). The van der Waals surface area contributed by atoms with Gasteiger partial charge in [0, 0.05) is 18.6 Å². The van der Waals surface area contributed by atoms with Gasteiger partial charge in [-0.3, -0.25) is 0 Å². The third kappa shape index (κ3) is 2.22. The SMILES string of the molecule is c1cc(NCc2cn3cc(C4CC4)ccc3n2)ncn1. The van der Waals surface area contributed by atoms with Crippen molar-refractivity contribution in [1.82, 2.24) is 19.4 Å². The first kappa shape index (κ1) is 11.4. The molecule has 1 N–H and O–H groups in total. The van der Waals surface area contributed by atoms with E-state index < -0.39 is 0 Å². The molecular formula is C15H15N5. The molecule has 0 saturated heterocycles. The average molecular weight is 265 g/mol. The van der Waals surface area contributed by atoms with Crippen molar-refractivity contribution in [1.29, 1.82) is 0 Å². The Kier molecular flexibility index (Phi) is 2.62. The number of hydrogen-bond acceptors (Lipinski definition) is 4. The van der Waals surface area contributed by atoms with Gasteiger partial charge in [0.2, 0.25) is 0 Å². The molecule has 0 spiro atoms. The highest BCUT2D eigenvalue weighted by molar-refractivity contribution is 5.43. The Morgan fingerprint density at radius 2 is 2.15 bits per heavy atom. The van der Waals surface area contributed by atoms with Gasteiger partial charge in [-0.1, -0.05) is 6.07 Å². The molecule has 0 bridgehead atoms. The van der Waals surface area contributed by atoms with Crippen molar-refractivity contribution in [3.63, 3.8) is 0 Å². The fraction of sp³-hybridized carbons (Fsp3) is 0.267. The van der Waals surface area contributed by atoms with Crippen LogP contribution in [0.25, 0.3) is 5.65 Å². The number of anilines is 1. The molecule has 0 aliphatic heterocycles. The first-order chi connectivity index (χ1) is 9.88. The highest BCUT2D eigenvalue weighted by Gasteiger charge is 2.23. The molecule has 0 unspecified atom stereocenters. The van der Waals surface area contributed by atoms with Crippen LogP contribution in [0.1, 0.15) is 30.0 Å². The lowest BCUT2D eigenvalue weighted by Gasteiger charge is -2.00. The van der Waals surface area contributed by atoms with Crippen molar-refractivity contribution in [3.8, 4) is 0 Å². The molecule has 3 aromatic rings. The molecule has 1 fully saturated rings. The molecule has 1 saturated carbocycles. The molecule has 3 aromatic heterocycles. The van der Waals surface area contributed by atoms with Crippen LogP contribution in [0.5, 0.6) is 0 Å². The molecule has 0 amide bonds. The van der Waals surface area contributed by atoms with Gasteiger partial charge < -0.3 is 9.72 Å². The van der Waals surface area contributed by atoms with Gasteiger partial charge in [-0.15, -0.1) is 0 Å². The molecule has 3 heterocycles. The minimum atomic E-state index is 0.664. The van der Waals surface area contributed by atoms with E-state index in [9.17, 15) is 0 Å². The molecular weight excluding hydrogens is 250 g/mol. The van der Waals surface area contributed by atoms with E-state index in [1.54, 1.807) is 6.20 Å². The lowest BCUT2D eigenvalue weighted by molar-refractivity contribution is 1.04. The summed E-state index contributed by atoms with van der Waals surface area (Å²) in [6.07, 6.45) is 10.2. The Morgan fingerprint density at radius 1 is 1.20 bits per heavy atom. The highest BCUT2D eigenvalue weighted by Crippen LogP contribution is 2.39. The summed E-state index contributed by atoms with van der Waals surface area (Å²) in [6.45, 7) is 0.664. The maximum atomic E-state index is 4.61. The van der Waals surface area contributed by atoms with Crippen LogP contribution in [0.2, 0.25) is 0 Å². The second-order valence-corrected chi connectivity index (χ2v) is 5.18. The van der Waals surface area contributed by atoms with Crippen molar-refractivity contribution < 1.29 is 0 Å². The van der Waals surface area contributed by atoms with Gasteiger partial charge in [0.1, 0.15) is 17.8 Å². The average Bonchev–Trinajstić information content (AvgIpc) is 3.26. The molecule has 20 heavy (non-hydrogen) atoms. The highest BCUT2D eigenvalue weighted by atomic mass is 15.0. The van der Waals surface area contributed by atoms with Crippen molar-refractivity contribution in [2.24, 2.45) is 0 Å². The summed E-state index contributed by atoms with van der Waals surface area (Å²) in [4.78, 5) is 12.6. The molecule has 5 nitrogen and oxygen atoms in total. The molecule has 100 valence electrons. The molecule has 1 aliphatic rings. The Hall–Kier alpha value is -2.43. The van der Waals surface area contributed by atoms with E-state index in [0.29, 0.717) is 6.54 Å². The maximum Gasteiger partial charge on any atom is 0.137 e. The molecule has 5 heteroatoms. The number of nitrogens with zero attached hydrogens (tertiary/aromatic N) is 4. The summed E-state index contributed by atoms with van der Waals surface area (Å²) in [6, 6.07) is 6.14. The fourth-order valence-electron chi connectivity index (χ4n) is 2.38. The Balaban J connectivity index is 1.54. The van der Waals surface area contributed by atoms with E-state index in [2.05, 4.69) is 49.2 Å². The summed E-state index contributed by atoms with van der Waals surface area (Å²) in [5.74, 6) is 1.58. The molecule has 1 aliphatic carbocycles. The molecule has 4 rings (SSSR count). The fourth-order valence-corrected chi connectivity index (χ4v) is 2.38. The van der Waals surface area contributed by atoms with Gasteiger partial charge in [0.15, 0.2) is 0 Å². The second-order valence-electron chi connectivity index (χ2n) is 5.18. The number of nitrogens with one attached hydrogen (secondary N) is 1. The summed E-state index contributed by atoms with van der Waals surface area (Å²) >= 11 is 0. The summed E-state index contributed by atoms with van der Waals surface area (Å²) in [5, 5.41) is 3.24. The monoisotopic (exact) mass is 265 g/mol. The number of hydrogen-bond donors (Lipinski definition) is 1. The number of fused-ring (bicyclic) bond motifs is 1. The minimum Gasteiger partial charge on any atom is -0.364 e. The van der Waals surface area contributed by atoms with Gasteiger partial charge in [-0.2, -0.15) is 0 Å². The van der Waals surface area contributed by atoms with Crippen LogP contribution < -0.4 is 5.32 Å². The van der Waals surface area contributed by atoms with Crippen LogP contribution in [0.15, 0.2) is 43.1 Å². The zero-order valence-corrected chi connectivity index (χ0v) is 11.0. The van der Waals surface area contributed by atoms with E-state index >= 15 is 0 Å². The van der Waals surface area contributed by atoms with Crippen LogP contribution >= 0.6 is 0 Å². The summed E-state index contributed by atoms with van der Waals surface area (Å²) in [7, 11) is 0. The Morgan fingerprint density at radius 3 is 2.95 bits per heavy atom. The Labute approximate surface area is 116 Å². The first-order valence-corrected chi connectivity index (χ1v) is 6.86. The largest absolute Gasteiger partial charge is 0.364 e. The van der Waals surface area contributed by atoms with Gasteiger partial charge in [-0.05, 0) is 36.5 Å². The second kappa shape index (κ2) is 4.59. The van der Waals surface area contributed by atoms with Crippen LogP contribution in [0.3, 0.4) is 0 Å². The zero-order chi connectivity index (χ0) is 13.4. The number of imidazole rings is 1. The van der Waals surface area contributed by atoms with Gasteiger partial charge in [0.25, 0.3) is 0 Å². The van der Waals surface area contributed by atoms with E-state index in [-0.39, 0.29) is 0 Å². The zero-order valence-electron chi connectivity index (χ0n) is 11.0. The lowest BCUT2D eigenvalue weighted by Crippen LogP contribution is -2.01. The predicted molar refractivity (Wildman–Crippen MR) is 76.5 cm³/mol. The van der Waals surface area contributed by atoms with Crippen LogP contribution in [-0.2, 0) is 6.54 Å². The summed E-state index contributed by atoms with van der Waals surface area (Å²) in [5.41, 5.74) is 3.43. The topological polar surface area (TPSA) is 55.1 Å². The van der Waals surface area contributed by atoms with Crippen LogP contribution in [0, 0.1) is 0 Å². The van der Waals surface area contributed by atoms with Crippen LogP contribution in [-0.4, -0.2) is 19.4 Å². The van der Waals surface area contributed by atoms with Crippen molar-refractivity contribution in [2.75, 3.05) is 5.32 Å². The molecule has 0 atom stereocenters. The minimum absolute atomic E-state index is 0.664. The third-order valence-corrected chi connectivity index (χ3v) is 3.61. The normalized spacial score (nSPS) is 14.6. The summed E-state index contributed by atoms with van der Waals surface area (Å²) < 4.78 is 2.12.